The van der Waals surface area contributed by atoms with Crippen LogP contribution in [0, 0.1) is 11.9 Å². The molecule has 1 saturated heterocycles. The number of halogens is 2. The van der Waals surface area contributed by atoms with E-state index >= 15 is 0 Å². The third-order valence-electron chi connectivity index (χ3n) is 2.15. The van der Waals surface area contributed by atoms with E-state index in [2.05, 4.69) is 17.7 Å². The fourth-order valence-electron chi connectivity index (χ4n) is 1.29. The Kier molecular flexibility index (Phi) is 12.9. The van der Waals surface area contributed by atoms with Crippen molar-refractivity contribution in [2.75, 3.05) is 13.7 Å². The van der Waals surface area contributed by atoms with Gasteiger partial charge < -0.3 is 26.5 Å². The van der Waals surface area contributed by atoms with Crippen LogP contribution in [0.1, 0.15) is 19.8 Å². The van der Waals surface area contributed by atoms with Crippen LogP contribution in [0.25, 0.3) is 0 Å². The predicted octanol–water partition coefficient (Wildman–Crippen LogP) is -0.557. The second-order valence-corrected chi connectivity index (χ2v) is 3.38. The molecule has 0 saturated carbocycles. The van der Waals surface area contributed by atoms with Gasteiger partial charge in [0.2, 0.25) is 0 Å². The Morgan fingerprint density at radius 3 is 2.53 bits per heavy atom. The standard InChI is InChI=1S/C7H6FO.C5H10O.BrH.Mg/c1-9-7-5-3-2-4-6(7)8;1-5-3-2-4-6-5;;/h2,4-5H,1H3;5H,2-4H2,1H3;1H;/q-1;;;+2/p-1. The van der Waals surface area contributed by atoms with Gasteiger partial charge in [-0.05, 0) is 19.8 Å². The van der Waals surface area contributed by atoms with Gasteiger partial charge in [0.05, 0.1) is 19.0 Å². The first kappa shape index (κ1) is 19.5. The summed E-state index contributed by atoms with van der Waals surface area (Å²) in [5.41, 5.74) is 0. The van der Waals surface area contributed by atoms with Crippen molar-refractivity contribution in [2.45, 2.75) is 25.9 Å². The van der Waals surface area contributed by atoms with Crippen molar-refractivity contribution < 1.29 is 30.8 Å². The normalized spacial score (nSPS) is 17.0. The first-order chi connectivity index (χ1) is 7.24. The van der Waals surface area contributed by atoms with Crippen LogP contribution in [0.3, 0.4) is 0 Å². The van der Waals surface area contributed by atoms with E-state index in [1.807, 2.05) is 0 Å². The monoisotopic (exact) mass is 314 g/mol. The molecular weight excluding hydrogens is 299 g/mol. The molecule has 1 unspecified atom stereocenters. The Bertz CT molecular complexity index is 294. The van der Waals surface area contributed by atoms with E-state index in [4.69, 9.17) is 4.74 Å². The second kappa shape index (κ2) is 11.3. The smallest absolute Gasteiger partial charge is 1.00 e. The van der Waals surface area contributed by atoms with Crippen LogP contribution in [0.15, 0.2) is 18.2 Å². The summed E-state index contributed by atoms with van der Waals surface area (Å²) in [4.78, 5) is 0. The number of benzene rings is 1. The molecule has 1 aliphatic rings. The van der Waals surface area contributed by atoms with Gasteiger partial charge in [0.25, 0.3) is 0 Å². The zero-order chi connectivity index (χ0) is 11.1. The number of hydrogen-bond donors (Lipinski definition) is 0. The van der Waals surface area contributed by atoms with E-state index in [9.17, 15) is 4.39 Å². The number of ether oxygens (including phenoxy) is 2. The Labute approximate surface area is 129 Å². The van der Waals surface area contributed by atoms with Crippen molar-refractivity contribution in [1.29, 1.82) is 0 Å². The molecule has 1 fully saturated rings. The molecule has 0 bridgehead atoms. The Hall–Kier alpha value is 0.156. The van der Waals surface area contributed by atoms with E-state index in [0.717, 1.165) is 6.61 Å². The molecule has 92 valence electrons. The molecule has 1 aromatic carbocycles. The average Bonchev–Trinajstić information content (AvgIpc) is 2.71. The summed E-state index contributed by atoms with van der Waals surface area (Å²) in [6, 6.07) is 6.94. The zero-order valence-corrected chi connectivity index (χ0v) is 13.2. The minimum Gasteiger partial charge on any atom is -1.00 e. The SMILES string of the molecule is CC1CCCO1.COc1c[c-]ccc1F.[Br-].[Mg+2]. The van der Waals surface area contributed by atoms with Crippen molar-refractivity contribution in [3.63, 3.8) is 0 Å². The fourth-order valence-corrected chi connectivity index (χ4v) is 1.29. The van der Waals surface area contributed by atoms with Gasteiger partial charge in [0, 0.05) is 12.4 Å². The summed E-state index contributed by atoms with van der Waals surface area (Å²) in [5, 5.41) is 0. The molecule has 0 amide bonds. The molecule has 0 spiro atoms. The van der Waals surface area contributed by atoms with Crippen molar-refractivity contribution in [3.8, 4) is 5.75 Å². The van der Waals surface area contributed by atoms with E-state index in [1.165, 1.54) is 38.2 Å². The quantitative estimate of drug-likeness (QED) is 0.511. The third-order valence-corrected chi connectivity index (χ3v) is 2.15. The van der Waals surface area contributed by atoms with Gasteiger partial charge in [-0.3, -0.25) is 0 Å². The maximum absolute atomic E-state index is 12.4. The summed E-state index contributed by atoms with van der Waals surface area (Å²) in [7, 11) is 1.42. The van der Waals surface area contributed by atoms with Gasteiger partial charge in [-0.25, -0.2) is 4.39 Å². The molecular formula is C12H16BrFMgO2. The van der Waals surface area contributed by atoms with Gasteiger partial charge in [0.1, 0.15) is 0 Å². The Morgan fingerprint density at radius 1 is 1.53 bits per heavy atom. The van der Waals surface area contributed by atoms with Crippen molar-refractivity contribution in [1.82, 2.24) is 0 Å². The summed E-state index contributed by atoms with van der Waals surface area (Å²) in [6.45, 7) is 3.11. The molecule has 0 radical (unpaired) electrons. The van der Waals surface area contributed by atoms with Crippen LogP contribution >= 0.6 is 0 Å². The van der Waals surface area contributed by atoms with Crippen LogP contribution in [0.4, 0.5) is 4.39 Å². The number of rotatable bonds is 1. The van der Waals surface area contributed by atoms with Crippen molar-refractivity contribution >= 4 is 23.1 Å². The summed E-state index contributed by atoms with van der Waals surface area (Å²) in [5.74, 6) is -0.117. The summed E-state index contributed by atoms with van der Waals surface area (Å²) >= 11 is 0. The summed E-state index contributed by atoms with van der Waals surface area (Å²) in [6.07, 6.45) is 3.08. The maximum Gasteiger partial charge on any atom is 2.00 e. The molecule has 2 rings (SSSR count). The molecule has 2 nitrogen and oxygen atoms in total. The molecule has 5 heteroatoms. The molecule has 0 aliphatic carbocycles. The van der Waals surface area contributed by atoms with Crippen LogP contribution in [-0.2, 0) is 4.74 Å². The first-order valence-corrected chi connectivity index (χ1v) is 5.05. The molecule has 1 aliphatic heterocycles. The third kappa shape index (κ3) is 7.97. The van der Waals surface area contributed by atoms with E-state index in [-0.39, 0.29) is 51.6 Å². The molecule has 1 atom stereocenters. The summed E-state index contributed by atoms with van der Waals surface area (Å²) < 4.78 is 22.2. The minimum absolute atomic E-state index is 0. The van der Waals surface area contributed by atoms with E-state index in [1.54, 1.807) is 0 Å². The Balaban J connectivity index is 0. The van der Waals surface area contributed by atoms with Crippen molar-refractivity contribution in [3.05, 3.63) is 30.1 Å². The number of methoxy groups -OCH3 is 1. The van der Waals surface area contributed by atoms with Gasteiger partial charge in [-0.15, -0.1) is 12.1 Å². The fraction of sp³-hybridized carbons (Fsp3) is 0.500. The van der Waals surface area contributed by atoms with Gasteiger partial charge in [-0.1, -0.05) is 0 Å². The Morgan fingerprint density at radius 2 is 2.24 bits per heavy atom. The molecule has 1 heterocycles. The minimum atomic E-state index is -0.351. The first-order valence-electron chi connectivity index (χ1n) is 5.05. The molecule has 0 aromatic heterocycles. The maximum atomic E-state index is 12.4. The van der Waals surface area contributed by atoms with Crippen LogP contribution in [0.5, 0.6) is 5.75 Å². The van der Waals surface area contributed by atoms with Gasteiger partial charge >= 0.3 is 23.1 Å². The van der Waals surface area contributed by atoms with E-state index < -0.39 is 0 Å². The van der Waals surface area contributed by atoms with E-state index in [0.29, 0.717) is 6.10 Å². The van der Waals surface area contributed by atoms with Gasteiger partial charge in [0.15, 0.2) is 0 Å². The second-order valence-electron chi connectivity index (χ2n) is 3.38. The van der Waals surface area contributed by atoms with Crippen molar-refractivity contribution in [2.24, 2.45) is 0 Å². The molecule has 1 aromatic rings. The largest absolute Gasteiger partial charge is 2.00 e. The van der Waals surface area contributed by atoms with Crippen LogP contribution < -0.4 is 21.7 Å². The molecule has 17 heavy (non-hydrogen) atoms. The van der Waals surface area contributed by atoms with Crippen LogP contribution in [-0.4, -0.2) is 42.9 Å². The number of hydrogen-bond acceptors (Lipinski definition) is 2. The van der Waals surface area contributed by atoms with Gasteiger partial charge in [-0.2, -0.15) is 12.1 Å². The van der Waals surface area contributed by atoms with Crippen LogP contribution in [0.2, 0.25) is 0 Å². The average molecular weight is 315 g/mol. The predicted molar refractivity (Wildman–Crippen MR) is 62.2 cm³/mol. The topological polar surface area (TPSA) is 18.5 Å². The zero-order valence-electron chi connectivity index (χ0n) is 10.2. The molecule has 0 N–H and O–H groups in total.